The van der Waals surface area contributed by atoms with Gasteiger partial charge < -0.3 is 9.80 Å². The zero-order valence-electron chi connectivity index (χ0n) is 8.70. The Hall–Kier alpha value is -0.990. The molecule has 0 aliphatic carbocycles. The molecule has 0 saturated heterocycles. The summed E-state index contributed by atoms with van der Waals surface area (Å²) in [6.07, 6.45) is 3.73. The second kappa shape index (κ2) is 5.63. The van der Waals surface area contributed by atoms with Crippen molar-refractivity contribution < 1.29 is 0 Å². The van der Waals surface area contributed by atoms with Crippen LogP contribution < -0.4 is 0 Å². The van der Waals surface area contributed by atoms with Crippen LogP contribution in [0, 0.1) is 0 Å². The van der Waals surface area contributed by atoms with Crippen molar-refractivity contribution in [3.8, 4) is 0 Å². The Balaban J connectivity index is 4.42. The summed E-state index contributed by atoms with van der Waals surface area (Å²) in [6.45, 7) is 5.03. The van der Waals surface area contributed by atoms with Gasteiger partial charge in [0.15, 0.2) is 5.96 Å². The van der Waals surface area contributed by atoms with Crippen LogP contribution in [0.5, 0.6) is 0 Å². The molecule has 0 bridgehead atoms. The largest absolute Gasteiger partial charge is 0.349 e. The molecule has 0 fully saturated rings. The molecule has 0 spiro atoms. The van der Waals surface area contributed by atoms with Gasteiger partial charge in [0.25, 0.3) is 0 Å². The maximum atomic E-state index is 4.30. The van der Waals surface area contributed by atoms with Gasteiger partial charge in [-0.1, -0.05) is 6.08 Å². The number of hydrogen-bond acceptors (Lipinski definition) is 1. The fourth-order valence-corrected chi connectivity index (χ4v) is 0.838. The first-order valence-corrected chi connectivity index (χ1v) is 4.20. The Morgan fingerprint density at radius 3 is 2.25 bits per heavy atom. The maximum absolute atomic E-state index is 4.30. The summed E-state index contributed by atoms with van der Waals surface area (Å²) < 4.78 is 0. The molecule has 70 valence electrons. The minimum absolute atomic E-state index is 0.967. The highest BCUT2D eigenvalue weighted by Gasteiger charge is 2.04. The Morgan fingerprint density at radius 2 is 1.92 bits per heavy atom. The number of rotatable bonds is 2. The molecular weight excluding hydrogens is 150 g/mol. The van der Waals surface area contributed by atoms with E-state index in [-0.39, 0.29) is 0 Å². The van der Waals surface area contributed by atoms with Crippen molar-refractivity contribution in [1.29, 1.82) is 0 Å². The van der Waals surface area contributed by atoms with E-state index in [9.17, 15) is 0 Å². The van der Waals surface area contributed by atoms with Crippen LogP contribution in [-0.4, -0.2) is 43.4 Å². The summed E-state index contributed by atoms with van der Waals surface area (Å²) in [5, 5.41) is 0. The highest BCUT2D eigenvalue weighted by molar-refractivity contribution is 5.79. The van der Waals surface area contributed by atoms with Gasteiger partial charge in [-0.05, 0) is 13.8 Å². The summed E-state index contributed by atoms with van der Waals surface area (Å²) in [4.78, 5) is 8.40. The second-order valence-electron chi connectivity index (χ2n) is 2.82. The zero-order chi connectivity index (χ0) is 9.56. The van der Waals surface area contributed by atoms with Gasteiger partial charge in [0.1, 0.15) is 0 Å². The lowest BCUT2D eigenvalue weighted by Crippen LogP contribution is -2.37. The van der Waals surface area contributed by atoms with E-state index in [1.165, 1.54) is 0 Å². The SMILES string of the molecule is C/C=C/N=C(N(C)C)N(C)CC. The Bertz CT molecular complexity index is 171. The van der Waals surface area contributed by atoms with Crippen LogP contribution in [0.4, 0.5) is 0 Å². The third-order valence-corrected chi connectivity index (χ3v) is 1.55. The first-order valence-electron chi connectivity index (χ1n) is 4.20. The van der Waals surface area contributed by atoms with Gasteiger partial charge in [0, 0.05) is 33.9 Å². The second-order valence-corrected chi connectivity index (χ2v) is 2.82. The average molecular weight is 169 g/mol. The lowest BCUT2D eigenvalue weighted by atomic mass is 10.6. The first kappa shape index (κ1) is 11.0. The van der Waals surface area contributed by atoms with Gasteiger partial charge in [-0.15, -0.1) is 0 Å². The summed E-state index contributed by atoms with van der Waals surface area (Å²) in [5.74, 6) is 0.982. The van der Waals surface area contributed by atoms with Crippen molar-refractivity contribution in [2.24, 2.45) is 4.99 Å². The minimum Gasteiger partial charge on any atom is -0.349 e. The maximum Gasteiger partial charge on any atom is 0.200 e. The lowest BCUT2D eigenvalue weighted by Gasteiger charge is -2.24. The molecule has 3 heteroatoms. The van der Waals surface area contributed by atoms with Crippen molar-refractivity contribution in [3.05, 3.63) is 12.3 Å². The van der Waals surface area contributed by atoms with Crippen LogP contribution in [0.2, 0.25) is 0 Å². The van der Waals surface area contributed by atoms with Crippen LogP contribution in [0.15, 0.2) is 17.3 Å². The van der Waals surface area contributed by atoms with Crippen molar-refractivity contribution >= 4 is 5.96 Å². The number of hydrogen-bond donors (Lipinski definition) is 0. The Morgan fingerprint density at radius 1 is 1.33 bits per heavy atom. The molecule has 0 amide bonds. The van der Waals surface area contributed by atoms with E-state index in [4.69, 9.17) is 0 Å². The fraction of sp³-hybridized carbons (Fsp3) is 0.667. The van der Waals surface area contributed by atoms with Crippen LogP contribution in [-0.2, 0) is 0 Å². The number of guanidine groups is 1. The Labute approximate surface area is 75.4 Å². The molecule has 0 rings (SSSR count). The van der Waals surface area contributed by atoms with E-state index in [1.54, 1.807) is 0 Å². The summed E-state index contributed by atoms with van der Waals surface area (Å²) >= 11 is 0. The molecule has 0 radical (unpaired) electrons. The third kappa shape index (κ3) is 3.42. The highest BCUT2D eigenvalue weighted by Crippen LogP contribution is 1.92. The van der Waals surface area contributed by atoms with Gasteiger partial charge in [-0.25, -0.2) is 4.99 Å². The predicted molar refractivity (Wildman–Crippen MR) is 54.2 cm³/mol. The van der Waals surface area contributed by atoms with Crippen molar-refractivity contribution in [3.63, 3.8) is 0 Å². The monoisotopic (exact) mass is 169 g/mol. The van der Waals surface area contributed by atoms with Crippen molar-refractivity contribution in [1.82, 2.24) is 9.80 Å². The van der Waals surface area contributed by atoms with Crippen LogP contribution >= 0.6 is 0 Å². The summed E-state index contributed by atoms with van der Waals surface area (Å²) in [6, 6.07) is 0. The van der Waals surface area contributed by atoms with Gasteiger partial charge in [-0.3, -0.25) is 0 Å². The van der Waals surface area contributed by atoms with Crippen LogP contribution in [0.1, 0.15) is 13.8 Å². The van der Waals surface area contributed by atoms with Gasteiger partial charge in [0.05, 0.1) is 0 Å². The molecule has 0 saturated carbocycles. The van der Waals surface area contributed by atoms with E-state index in [0.29, 0.717) is 0 Å². The quantitative estimate of drug-likeness (QED) is 0.459. The molecule has 0 aromatic heterocycles. The van der Waals surface area contributed by atoms with Gasteiger partial charge in [-0.2, -0.15) is 0 Å². The predicted octanol–water partition coefficient (Wildman–Crippen LogP) is 1.39. The average Bonchev–Trinajstić information content (AvgIpc) is 2.04. The zero-order valence-corrected chi connectivity index (χ0v) is 8.70. The van der Waals surface area contributed by atoms with E-state index < -0.39 is 0 Å². The molecule has 0 unspecified atom stereocenters. The fourth-order valence-electron chi connectivity index (χ4n) is 0.838. The molecule has 0 aromatic rings. The molecule has 3 nitrogen and oxygen atoms in total. The standard InChI is InChI=1S/C9H19N3/c1-6-8-10-9(11(3)4)12(5)7-2/h6,8H,7H2,1-5H3/b8-6+,10-9?. The van der Waals surface area contributed by atoms with Crippen LogP contribution in [0.25, 0.3) is 0 Å². The molecule has 0 aliphatic rings. The van der Waals surface area contributed by atoms with Crippen LogP contribution in [0.3, 0.4) is 0 Å². The molecule has 0 aromatic carbocycles. The topological polar surface area (TPSA) is 18.8 Å². The molecule has 0 N–H and O–H groups in total. The molecule has 0 atom stereocenters. The summed E-state index contributed by atoms with van der Waals surface area (Å²) in [7, 11) is 6.02. The molecule has 12 heavy (non-hydrogen) atoms. The minimum atomic E-state index is 0.967. The molecular formula is C9H19N3. The Kier molecular flexibility index (Phi) is 5.17. The molecule has 0 aliphatic heterocycles. The smallest absolute Gasteiger partial charge is 0.200 e. The lowest BCUT2D eigenvalue weighted by molar-refractivity contribution is 0.441. The first-order chi connectivity index (χ1) is 5.63. The van der Waals surface area contributed by atoms with E-state index in [2.05, 4.69) is 16.8 Å². The molecule has 0 heterocycles. The van der Waals surface area contributed by atoms with E-state index in [1.807, 2.05) is 45.2 Å². The number of aliphatic imine (C=N–C) groups is 1. The van der Waals surface area contributed by atoms with Crippen molar-refractivity contribution in [2.45, 2.75) is 13.8 Å². The van der Waals surface area contributed by atoms with Gasteiger partial charge in [0.2, 0.25) is 0 Å². The van der Waals surface area contributed by atoms with Gasteiger partial charge >= 0.3 is 0 Å². The number of allylic oxidation sites excluding steroid dienone is 1. The van der Waals surface area contributed by atoms with E-state index >= 15 is 0 Å². The third-order valence-electron chi connectivity index (χ3n) is 1.55. The highest BCUT2D eigenvalue weighted by atomic mass is 15.3. The van der Waals surface area contributed by atoms with Crippen molar-refractivity contribution in [2.75, 3.05) is 27.7 Å². The summed E-state index contributed by atoms with van der Waals surface area (Å²) in [5.41, 5.74) is 0. The normalized spacial score (nSPS) is 12.2. The number of nitrogens with zero attached hydrogens (tertiary/aromatic N) is 3. The van der Waals surface area contributed by atoms with E-state index in [0.717, 1.165) is 12.5 Å².